The quantitative estimate of drug-likeness (QED) is 0.158. The van der Waals surface area contributed by atoms with Gasteiger partial charge in [0.25, 0.3) is 0 Å². The fourth-order valence-corrected chi connectivity index (χ4v) is 3.85. The second kappa shape index (κ2) is 23.6. The van der Waals surface area contributed by atoms with Crippen LogP contribution in [0.15, 0.2) is 152 Å². The van der Waals surface area contributed by atoms with E-state index in [-0.39, 0.29) is 0 Å². The molecule has 0 radical (unpaired) electrons. The van der Waals surface area contributed by atoms with Crippen LogP contribution in [0.25, 0.3) is 0 Å². The fraction of sp³-hybridized carbons (Fsp3) is 0.234. The van der Waals surface area contributed by atoms with Crippen LogP contribution >= 0.6 is 0 Å². The van der Waals surface area contributed by atoms with Crippen molar-refractivity contribution in [1.29, 1.82) is 0 Å². The standard InChI is InChI=1S/5C8H10.C7H8/c5*1-7-5-3-4-6-8(7)2;1-7-5-3-2-4-6-7/h5*3-6H,1-2H3;2-6H,1H3. The number of benzene rings is 6. The molecule has 0 nitrogen and oxygen atoms in total. The SMILES string of the molecule is Cc1ccccc1.Cc1ccccc1C.Cc1ccccc1C.Cc1ccccc1C.Cc1ccccc1C.Cc1ccccc1C. The van der Waals surface area contributed by atoms with E-state index in [9.17, 15) is 0 Å². The Hall–Kier alpha value is -4.68. The Kier molecular flexibility index (Phi) is 20.3. The molecule has 0 aromatic heterocycles. The van der Waals surface area contributed by atoms with Crippen LogP contribution in [0.4, 0.5) is 0 Å². The van der Waals surface area contributed by atoms with Crippen molar-refractivity contribution in [2.45, 2.75) is 76.2 Å². The Morgan fingerprint density at radius 2 is 0.298 bits per heavy atom. The van der Waals surface area contributed by atoms with Gasteiger partial charge in [0.1, 0.15) is 0 Å². The zero-order chi connectivity index (χ0) is 35.0. The predicted octanol–water partition coefficient (Wildman–Crippen LogP) is 13.5. The third kappa shape index (κ3) is 18.8. The molecule has 0 unspecified atom stereocenters. The lowest BCUT2D eigenvalue weighted by Gasteiger charge is -1.93. The number of aryl methyl sites for hydroxylation is 11. The van der Waals surface area contributed by atoms with Crippen LogP contribution in [0.3, 0.4) is 0 Å². The summed E-state index contributed by atoms with van der Waals surface area (Å²) < 4.78 is 0. The van der Waals surface area contributed by atoms with E-state index in [4.69, 9.17) is 0 Å². The first-order chi connectivity index (χ1) is 22.4. The highest BCUT2D eigenvalue weighted by Gasteiger charge is 1.86. The minimum absolute atomic E-state index is 1.32. The third-order valence-corrected chi connectivity index (χ3v) is 8.07. The normalized spacial score (nSPS) is 9.17. The molecule has 6 aromatic carbocycles. The van der Waals surface area contributed by atoms with Gasteiger partial charge in [0.05, 0.1) is 0 Å². The van der Waals surface area contributed by atoms with Crippen LogP contribution in [0, 0.1) is 76.2 Å². The highest BCUT2D eigenvalue weighted by atomic mass is 13.9. The summed E-state index contributed by atoms with van der Waals surface area (Å²) in [4.78, 5) is 0. The van der Waals surface area contributed by atoms with Gasteiger partial charge in [-0.1, -0.05) is 157 Å². The predicted molar refractivity (Wildman–Crippen MR) is 211 cm³/mol. The molecule has 0 saturated carbocycles. The van der Waals surface area contributed by atoms with Gasteiger partial charge in [-0.3, -0.25) is 0 Å². The van der Waals surface area contributed by atoms with Crippen LogP contribution < -0.4 is 0 Å². The van der Waals surface area contributed by atoms with Crippen LogP contribution in [-0.2, 0) is 0 Å². The van der Waals surface area contributed by atoms with Gasteiger partial charge in [-0.2, -0.15) is 0 Å². The molecule has 47 heavy (non-hydrogen) atoms. The van der Waals surface area contributed by atoms with Crippen molar-refractivity contribution in [2.24, 2.45) is 0 Å². The minimum Gasteiger partial charge on any atom is -0.0622 e. The molecule has 0 aliphatic rings. The zero-order valence-corrected chi connectivity index (χ0v) is 30.9. The van der Waals surface area contributed by atoms with Gasteiger partial charge >= 0.3 is 0 Å². The van der Waals surface area contributed by atoms with Crippen molar-refractivity contribution in [2.75, 3.05) is 0 Å². The molecule has 0 aliphatic carbocycles. The van der Waals surface area contributed by atoms with Crippen LogP contribution in [0.1, 0.15) is 61.2 Å². The summed E-state index contributed by atoms with van der Waals surface area (Å²) in [5.74, 6) is 0. The van der Waals surface area contributed by atoms with Gasteiger partial charge in [-0.25, -0.2) is 0 Å². The summed E-state index contributed by atoms with van der Waals surface area (Å²) in [6, 6.07) is 52.0. The Labute approximate surface area is 288 Å². The molecule has 6 rings (SSSR count). The van der Waals surface area contributed by atoms with E-state index in [0.29, 0.717) is 0 Å². The van der Waals surface area contributed by atoms with E-state index < -0.39 is 0 Å². The molecular weight excluding hydrogens is 565 g/mol. The molecule has 0 fully saturated rings. The van der Waals surface area contributed by atoms with E-state index in [1.54, 1.807) is 0 Å². The van der Waals surface area contributed by atoms with Crippen molar-refractivity contribution < 1.29 is 0 Å². The molecule has 0 heterocycles. The minimum atomic E-state index is 1.32. The van der Waals surface area contributed by atoms with E-state index in [2.05, 4.69) is 210 Å². The maximum Gasteiger partial charge on any atom is -0.0395 e. The van der Waals surface area contributed by atoms with Crippen molar-refractivity contribution in [3.8, 4) is 0 Å². The van der Waals surface area contributed by atoms with Crippen molar-refractivity contribution in [3.05, 3.63) is 213 Å². The van der Waals surface area contributed by atoms with Crippen molar-refractivity contribution in [1.82, 2.24) is 0 Å². The van der Waals surface area contributed by atoms with Gasteiger partial charge < -0.3 is 0 Å². The zero-order valence-electron chi connectivity index (χ0n) is 30.9. The first-order valence-corrected chi connectivity index (χ1v) is 16.5. The van der Waals surface area contributed by atoms with Crippen LogP contribution in [-0.4, -0.2) is 0 Å². The van der Waals surface area contributed by atoms with Gasteiger partial charge in [0.2, 0.25) is 0 Å². The molecule has 0 bridgehead atoms. The average Bonchev–Trinajstić information content (AvgIpc) is 3.06. The third-order valence-electron chi connectivity index (χ3n) is 8.07. The average molecular weight is 623 g/mol. The Bertz CT molecular complexity index is 1320. The van der Waals surface area contributed by atoms with Gasteiger partial charge in [0.15, 0.2) is 0 Å². The summed E-state index contributed by atoms with van der Waals surface area (Å²) in [7, 11) is 0. The molecule has 0 amide bonds. The second-order valence-electron chi connectivity index (χ2n) is 12.1. The molecule has 0 saturated heterocycles. The smallest absolute Gasteiger partial charge is 0.0395 e. The summed E-state index contributed by atoms with van der Waals surface area (Å²) in [6.07, 6.45) is 0. The summed E-state index contributed by atoms with van der Waals surface area (Å²) >= 11 is 0. The van der Waals surface area contributed by atoms with E-state index >= 15 is 0 Å². The van der Waals surface area contributed by atoms with E-state index in [1.807, 2.05) is 18.2 Å². The largest absolute Gasteiger partial charge is 0.0622 e. The number of hydrogen-bond donors (Lipinski definition) is 0. The lowest BCUT2D eigenvalue weighted by atomic mass is 10.1. The Morgan fingerprint density at radius 1 is 0.170 bits per heavy atom. The first kappa shape index (κ1) is 40.3. The lowest BCUT2D eigenvalue weighted by molar-refractivity contribution is 1.34. The van der Waals surface area contributed by atoms with Gasteiger partial charge in [-0.05, 0) is 132 Å². The second-order valence-corrected chi connectivity index (χ2v) is 12.1. The Morgan fingerprint density at radius 3 is 0.383 bits per heavy atom. The molecule has 0 atom stereocenters. The van der Waals surface area contributed by atoms with Gasteiger partial charge in [-0.15, -0.1) is 0 Å². The van der Waals surface area contributed by atoms with Crippen molar-refractivity contribution >= 4 is 0 Å². The Balaban J connectivity index is 0.000000282. The van der Waals surface area contributed by atoms with Crippen LogP contribution in [0.5, 0.6) is 0 Å². The lowest BCUT2D eigenvalue weighted by Crippen LogP contribution is -1.74. The molecule has 0 N–H and O–H groups in total. The monoisotopic (exact) mass is 622 g/mol. The molecule has 0 heteroatoms. The molecule has 246 valence electrons. The highest BCUT2D eigenvalue weighted by molar-refractivity contribution is 5.26. The number of hydrogen-bond acceptors (Lipinski definition) is 0. The first-order valence-electron chi connectivity index (χ1n) is 16.5. The highest BCUT2D eigenvalue weighted by Crippen LogP contribution is 2.05. The van der Waals surface area contributed by atoms with E-state index in [0.717, 1.165) is 0 Å². The number of rotatable bonds is 0. The summed E-state index contributed by atoms with van der Waals surface area (Å²) in [6.45, 7) is 23.3. The summed E-state index contributed by atoms with van der Waals surface area (Å²) in [5, 5.41) is 0. The van der Waals surface area contributed by atoms with Crippen molar-refractivity contribution in [3.63, 3.8) is 0 Å². The fourth-order valence-electron chi connectivity index (χ4n) is 3.85. The maximum absolute atomic E-state index is 2.12. The maximum atomic E-state index is 2.12. The van der Waals surface area contributed by atoms with Gasteiger partial charge in [0, 0.05) is 0 Å². The van der Waals surface area contributed by atoms with Crippen LogP contribution in [0.2, 0.25) is 0 Å². The molecule has 0 aliphatic heterocycles. The molecule has 0 spiro atoms. The van der Waals surface area contributed by atoms with E-state index in [1.165, 1.54) is 61.2 Å². The topological polar surface area (TPSA) is 0 Å². The molecular formula is C47H58. The molecule has 6 aromatic rings. The summed E-state index contributed by atoms with van der Waals surface area (Å²) in [5.41, 5.74) is 15.0.